The van der Waals surface area contributed by atoms with Gasteiger partial charge < -0.3 is 10.1 Å². The van der Waals surface area contributed by atoms with E-state index in [9.17, 15) is 4.79 Å². The highest BCUT2D eigenvalue weighted by molar-refractivity contribution is 6.44. The standard InChI is InChI=1S/C15H13Cl2NO2/c1-10(20-11-6-3-2-4-7-11)15(19)18-13-9-5-8-12(16)14(13)17/h2-10H,1H3,(H,18,19)/t10-/m1/s1. The molecule has 0 bridgehead atoms. The second-order valence-corrected chi connectivity index (χ2v) is 4.95. The van der Waals surface area contributed by atoms with Crippen LogP contribution in [0.1, 0.15) is 6.92 Å². The fourth-order valence-corrected chi connectivity index (χ4v) is 1.94. The van der Waals surface area contributed by atoms with Crippen LogP contribution in [0.15, 0.2) is 48.5 Å². The SMILES string of the molecule is C[C@@H](Oc1ccccc1)C(=O)Nc1cccc(Cl)c1Cl. The lowest BCUT2D eigenvalue weighted by molar-refractivity contribution is -0.122. The average Bonchev–Trinajstić information content (AvgIpc) is 2.45. The number of ether oxygens (including phenoxy) is 1. The molecule has 0 radical (unpaired) electrons. The molecule has 20 heavy (non-hydrogen) atoms. The summed E-state index contributed by atoms with van der Waals surface area (Å²) in [6.07, 6.45) is -0.646. The van der Waals surface area contributed by atoms with Crippen LogP contribution in [0.3, 0.4) is 0 Å². The van der Waals surface area contributed by atoms with Crippen molar-refractivity contribution < 1.29 is 9.53 Å². The number of amides is 1. The maximum absolute atomic E-state index is 12.0. The van der Waals surface area contributed by atoms with Crippen LogP contribution in [0.2, 0.25) is 10.0 Å². The number of para-hydroxylation sites is 1. The zero-order valence-electron chi connectivity index (χ0n) is 10.8. The Morgan fingerprint density at radius 1 is 1.10 bits per heavy atom. The van der Waals surface area contributed by atoms with Gasteiger partial charge in [-0.1, -0.05) is 47.5 Å². The van der Waals surface area contributed by atoms with E-state index in [0.717, 1.165) is 0 Å². The van der Waals surface area contributed by atoms with Crippen molar-refractivity contribution in [1.82, 2.24) is 0 Å². The highest BCUT2D eigenvalue weighted by atomic mass is 35.5. The van der Waals surface area contributed by atoms with Crippen molar-refractivity contribution in [3.8, 4) is 5.75 Å². The molecule has 1 amide bonds. The first-order chi connectivity index (χ1) is 9.58. The molecule has 2 aromatic rings. The summed E-state index contributed by atoms with van der Waals surface area (Å²) >= 11 is 11.9. The van der Waals surface area contributed by atoms with Crippen LogP contribution in [-0.2, 0) is 4.79 Å². The van der Waals surface area contributed by atoms with E-state index in [1.165, 1.54) is 0 Å². The molecule has 2 rings (SSSR count). The Labute approximate surface area is 127 Å². The molecule has 1 N–H and O–H groups in total. The molecule has 0 aromatic heterocycles. The van der Waals surface area contributed by atoms with E-state index in [1.807, 2.05) is 18.2 Å². The topological polar surface area (TPSA) is 38.3 Å². The summed E-state index contributed by atoms with van der Waals surface area (Å²) in [5.41, 5.74) is 0.465. The molecule has 0 heterocycles. The fraction of sp³-hybridized carbons (Fsp3) is 0.133. The quantitative estimate of drug-likeness (QED) is 0.909. The van der Waals surface area contributed by atoms with Crippen molar-refractivity contribution in [1.29, 1.82) is 0 Å². The van der Waals surface area contributed by atoms with Crippen molar-refractivity contribution >= 4 is 34.8 Å². The monoisotopic (exact) mass is 309 g/mol. The largest absolute Gasteiger partial charge is 0.481 e. The molecule has 2 aromatic carbocycles. The predicted octanol–water partition coefficient (Wildman–Crippen LogP) is 4.40. The summed E-state index contributed by atoms with van der Waals surface area (Å²) in [6, 6.07) is 14.2. The van der Waals surface area contributed by atoms with E-state index >= 15 is 0 Å². The Balaban J connectivity index is 2.03. The van der Waals surface area contributed by atoms with Gasteiger partial charge in [-0.05, 0) is 31.2 Å². The van der Waals surface area contributed by atoms with Crippen molar-refractivity contribution in [2.45, 2.75) is 13.0 Å². The molecule has 0 aliphatic carbocycles. The van der Waals surface area contributed by atoms with E-state index in [-0.39, 0.29) is 5.91 Å². The molecular weight excluding hydrogens is 297 g/mol. The Morgan fingerprint density at radius 2 is 1.80 bits per heavy atom. The predicted molar refractivity (Wildman–Crippen MR) is 81.6 cm³/mol. The summed E-state index contributed by atoms with van der Waals surface area (Å²) in [7, 11) is 0. The first-order valence-corrected chi connectivity index (χ1v) is 6.80. The smallest absolute Gasteiger partial charge is 0.265 e. The summed E-state index contributed by atoms with van der Waals surface area (Å²) in [5, 5.41) is 3.39. The van der Waals surface area contributed by atoms with Gasteiger partial charge in [0.05, 0.1) is 15.7 Å². The van der Waals surface area contributed by atoms with Crippen LogP contribution in [0.4, 0.5) is 5.69 Å². The number of hydrogen-bond donors (Lipinski definition) is 1. The number of hydrogen-bond acceptors (Lipinski definition) is 2. The van der Waals surface area contributed by atoms with Crippen LogP contribution in [0, 0.1) is 0 Å². The maximum Gasteiger partial charge on any atom is 0.265 e. The summed E-state index contributed by atoms with van der Waals surface area (Å²) < 4.78 is 5.53. The third kappa shape index (κ3) is 3.65. The van der Waals surface area contributed by atoms with Gasteiger partial charge in [0.25, 0.3) is 5.91 Å². The summed E-state index contributed by atoms with van der Waals surface area (Å²) in [6.45, 7) is 1.67. The molecule has 1 atom stereocenters. The Hall–Kier alpha value is -1.71. The first-order valence-electron chi connectivity index (χ1n) is 6.04. The molecular formula is C15H13Cl2NO2. The van der Waals surface area contributed by atoms with Crippen LogP contribution in [0.25, 0.3) is 0 Å². The third-order valence-electron chi connectivity index (χ3n) is 2.63. The van der Waals surface area contributed by atoms with E-state index in [1.54, 1.807) is 37.3 Å². The van der Waals surface area contributed by atoms with Crippen LogP contribution in [-0.4, -0.2) is 12.0 Å². The minimum atomic E-state index is -0.646. The Bertz CT molecular complexity index is 602. The van der Waals surface area contributed by atoms with E-state index in [0.29, 0.717) is 21.5 Å². The molecule has 3 nitrogen and oxygen atoms in total. The minimum absolute atomic E-state index is 0.294. The zero-order chi connectivity index (χ0) is 14.5. The average molecular weight is 310 g/mol. The molecule has 0 spiro atoms. The van der Waals surface area contributed by atoms with Gasteiger partial charge >= 0.3 is 0 Å². The molecule has 0 aliphatic rings. The lowest BCUT2D eigenvalue weighted by atomic mass is 10.3. The van der Waals surface area contributed by atoms with E-state index < -0.39 is 6.10 Å². The number of carbonyl (C=O) groups excluding carboxylic acids is 1. The lowest BCUT2D eigenvalue weighted by Crippen LogP contribution is -2.30. The van der Waals surface area contributed by atoms with Gasteiger partial charge in [0, 0.05) is 0 Å². The van der Waals surface area contributed by atoms with Gasteiger partial charge in [-0.3, -0.25) is 4.79 Å². The second-order valence-electron chi connectivity index (χ2n) is 4.16. The minimum Gasteiger partial charge on any atom is -0.481 e. The number of carbonyl (C=O) groups is 1. The second kappa shape index (κ2) is 6.64. The van der Waals surface area contributed by atoms with Gasteiger partial charge in [0.2, 0.25) is 0 Å². The lowest BCUT2D eigenvalue weighted by Gasteiger charge is -2.15. The molecule has 5 heteroatoms. The number of halogens is 2. The highest BCUT2D eigenvalue weighted by Crippen LogP contribution is 2.29. The fourth-order valence-electron chi connectivity index (χ4n) is 1.59. The zero-order valence-corrected chi connectivity index (χ0v) is 12.3. The van der Waals surface area contributed by atoms with Gasteiger partial charge in [0.15, 0.2) is 6.10 Å². The third-order valence-corrected chi connectivity index (χ3v) is 3.45. The van der Waals surface area contributed by atoms with E-state index in [2.05, 4.69) is 5.32 Å². The number of nitrogens with one attached hydrogen (secondary N) is 1. The Kier molecular flexibility index (Phi) is 4.88. The van der Waals surface area contributed by atoms with Gasteiger partial charge in [-0.2, -0.15) is 0 Å². The van der Waals surface area contributed by atoms with Gasteiger partial charge in [0.1, 0.15) is 5.75 Å². The molecule has 104 valence electrons. The Morgan fingerprint density at radius 3 is 2.50 bits per heavy atom. The van der Waals surface area contributed by atoms with Crippen molar-refractivity contribution in [2.24, 2.45) is 0 Å². The first kappa shape index (κ1) is 14.7. The summed E-state index contributed by atoms with van der Waals surface area (Å²) in [4.78, 5) is 12.0. The van der Waals surface area contributed by atoms with Gasteiger partial charge in [-0.15, -0.1) is 0 Å². The van der Waals surface area contributed by atoms with Crippen molar-refractivity contribution in [2.75, 3.05) is 5.32 Å². The normalized spacial score (nSPS) is 11.8. The molecule has 0 saturated heterocycles. The molecule has 0 fully saturated rings. The molecule has 0 saturated carbocycles. The summed E-state index contributed by atoms with van der Waals surface area (Å²) in [5.74, 6) is 0.338. The van der Waals surface area contributed by atoms with Crippen LogP contribution < -0.4 is 10.1 Å². The number of rotatable bonds is 4. The molecule has 0 unspecified atom stereocenters. The molecule has 0 aliphatic heterocycles. The highest BCUT2D eigenvalue weighted by Gasteiger charge is 2.16. The number of anilines is 1. The van der Waals surface area contributed by atoms with Gasteiger partial charge in [-0.25, -0.2) is 0 Å². The maximum atomic E-state index is 12.0. The van der Waals surface area contributed by atoms with Crippen LogP contribution >= 0.6 is 23.2 Å². The van der Waals surface area contributed by atoms with E-state index in [4.69, 9.17) is 27.9 Å². The van der Waals surface area contributed by atoms with Crippen molar-refractivity contribution in [3.63, 3.8) is 0 Å². The van der Waals surface area contributed by atoms with Crippen molar-refractivity contribution in [3.05, 3.63) is 58.6 Å². The van der Waals surface area contributed by atoms with Crippen LogP contribution in [0.5, 0.6) is 5.75 Å². The number of benzene rings is 2.